The molecule has 0 aliphatic rings. The van der Waals surface area contributed by atoms with E-state index in [1.807, 2.05) is 54.6 Å². The lowest BCUT2D eigenvalue weighted by Gasteiger charge is -2.09. The van der Waals surface area contributed by atoms with Gasteiger partial charge in [-0.05, 0) is 12.1 Å². The largest absolute Gasteiger partial charge is 0.228 e. The molecule has 0 amide bonds. The predicted octanol–water partition coefficient (Wildman–Crippen LogP) is 5.16. The van der Waals surface area contributed by atoms with Crippen LogP contribution in [0.15, 0.2) is 90.1 Å². The second-order valence-corrected chi connectivity index (χ2v) is 5.83. The third-order valence-corrected chi connectivity index (χ3v) is 3.98. The molecule has 24 heavy (non-hydrogen) atoms. The van der Waals surface area contributed by atoms with Crippen LogP contribution in [0.4, 0.5) is 5.82 Å². The van der Waals surface area contributed by atoms with Crippen molar-refractivity contribution in [3.63, 3.8) is 0 Å². The molecule has 0 spiro atoms. The van der Waals surface area contributed by atoms with Gasteiger partial charge < -0.3 is 0 Å². The van der Waals surface area contributed by atoms with Crippen molar-refractivity contribution >= 4 is 28.6 Å². The van der Waals surface area contributed by atoms with Gasteiger partial charge in [0.2, 0.25) is 0 Å². The molecule has 0 bridgehead atoms. The summed E-state index contributed by atoms with van der Waals surface area (Å²) in [5, 5.41) is 4.99. The maximum Gasteiger partial charge on any atom is 0.156 e. The lowest BCUT2D eigenvalue weighted by atomic mass is 10.0. The van der Waals surface area contributed by atoms with Crippen LogP contribution < -0.4 is 0 Å². The first-order valence-corrected chi connectivity index (χ1v) is 8.02. The van der Waals surface area contributed by atoms with Crippen molar-refractivity contribution in [1.82, 2.24) is 9.61 Å². The number of hydrogen-bond acceptors (Lipinski definition) is 2. The molecule has 0 atom stereocenters. The van der Waals surface area contributed by atoms with Crippen molar-refractivity contribution in [2.75, 3.05) is 0 Å². The van der Waals surface area contributed by atoms with Gasteiger partial charge in [-0.1, -0.05) is 72.3 Å². The van der Waals surface area contributed by atoms with Gasteiger partial charge in [0, 0.05) is 22.2 Å². The molecule has 0 N–H and O–H groups in total. The standard InChI is InChI=1S/C20H14ClN3/c21-17-13-18-11-12-22-24(18)19(14-17)23-20(15-7-3-1-4-8-15)16-9-5-2-6-10-16/h1-14H. The highest BCUT2D eigenvalue weighted by Crippen LogP contribution is 2.24. The van der Waals surface area contributed by atoms with Crippen molar-refractivity contribution in [3.05, 3.63) is 101 Å². The minimum Gasteiger partial charge on any atom is -0.228 e. The molecular formula is C20H14ClN3. The Bertz CT molecular complexity index is 963. The summed E-state index contributed by atoms with van der Waals surface area (Å²) in [5.41, 5.74) is 3.89. The van der Waals surface area contributed by atoms with Crippen LogP contribution in [0.25, 0.3) is 5.52 Å². The first-order chi connectivity index (χ1) is 11.8. The highest BCUT2D eigenvalue weighted by molar-refractivity contribution is 6.31. The third-order valence-electron chi connectivity index (χ3n) is 3.76. The first kappa shape index (κ1) is 14.7. The lowest BCUT2D eigenvalue weighted by Crippen LogP contribution is -2.03. The number of nitrogens with zero attached hydrogens (tertiary/aromatic N) is 3. The number of rotatable bonds is 3. The second kappa shape index (κ2) is 6.30. The van der Waals surface area contributed by atoms with Gasteiger partial charge in [-0.25, -0.2) is 9.51 Å². The fourth-order valence-electron chi connectivity index (χ4n) is 2.66. The number of benzene rings is 2. The van der Waals surface area contributed by atoms with Crippen molar-refractivity contribution in [2.45, 2.75) is 0 Å². The zero-order valence-electron chi connectivity index (χ0n) is 12.8. The van der Waals surface area contributed by atoms with Crippen LogP contribution >= 0.6 is 11.6 Å². The molecule has 0 radical (unpaired) electrons. The number of aromatic nitrogens is 2. The van der Waals surface area contributed by atoms with E-state index in [2.05, 4.69) is 29.4 Å². The molecule has 2 heterocycles. The van der Waals surface area contributed by atoms with Crippen LogP contribution in [0, 0.1) is 0 Å². The molecule has 2 aromatic carbocycles. The summed E-state index contributed by atoms with van der Waals surface area (Å²) in [5.74, 6) is 0.699. The van der Waals surface area contributed by atoms with Crippen LogP contribution in [0.2, 0.25) is 5.02 Å². The van der Waals surface area contributed by atoms with Gasteiger partial charge >= 0.3 is 0 Å². The average molecular weight is 332 g/mol. The smallest absolute Gasteiger partial charge is 0.156 e. The fourth-order valence-corrected chi connectivity index (χ4v) is 2.87. The predicted molar refractivity (Wildman–Crippen MR) is 98.4 cm³/mol. The summed E-state index contributed by atoms with van der Waals surface area (Å²) in [6.45, 7) is 0. The Morgan fingerprint density at radius 2 is 1.46 bits per heavy atom. The molecule has 3 nitrogen and oxygen atoms in total. The van der Waals surface area contributed by atoms with Crippen LogP contribution in [0.1, 0.15) is 11.1 Å². The number of aliphatic imine (C=N–C) groups is 1. The van der Waals surface area contributed by atoms with E-state index in [4.69, 9.17) is 16.6 Å². The Kier molecular flexibility index (Phi) is 3.85. The molecule has 116 valence electrons. The summed E-state index contributed by atoms with van der Waals surface area (Å²) >= 11 is 6.25. The number of halogens is 1. The van der Waals surface area contributed by atoms with Crippen LogP contribution in [-0.2, 0) is 0 Å². The van der Waals surface area contributed by atoms with E-state index in [9.17, 15) is 0 Å². The van der Waals surface area contributed by atoms with Gasteiger partial charge in [0.15, 0.2) is 5.82 Å². The lowest BCUT2D eigenvalue weighted by molar-refractivity contribution is 0.957. The monoisotopic (exact) mass is 331 g/mol. The minimum atomic E-state index is 0.641. The molecule has 2 aromatic heterocycles. The minimum absolute atomic E-state index is 0.641. The Morgan fingerprint density at radius 1 is 0.833 bits per heavy atom. The van der Waals surface area contributed by atoms with Gasteiger partial charge in [-0.2, -0.15) is 5.10 Å². The highest BCUT2D eigenvalue weighted by atomic mass is 35.5. The van der Waals surface area contributed by atoms with E-state index in [1.54, 1.807) is 10.7 Å². The van der Waals surface area contributed by atoms with Crippen molar-refractivity contribution in [1.29, 1.82) is 0 Å². The average Bonchev–Trinajstić information content (AvgIpc) is 3.09. The van der Waals surface area contributed by atoms with E-state index < -0.39 is 0 Å². The van der Waals surface area contributed by atoms with E-state index >= 15 is 0 Å². The van der Waals surface area contributed by atoms with Crippen molar-refractivity contribution in [3.8, 4) is 0 Å². The van der Waals surface area contributed by atoms with Gasteiger partial charge in [-0.3, -0.25) is 0 Å². The summed E-state index contributed by atoms with van der Waals surface area (Å²) in [6, 6.07) is 25.9. The number of fused-ring (bicyclic) bond motifs is 1. The first-order valence-electron chi connectivity index (χ1n) is 7.64. The maximum atomic E-state index is 6.25. The van der Waals surface area contributed by atoms with E-state index in [0.29, 0.717) is 10.8 Å². The molecular weight excluding hydrogens is 318 g/mol. The van der Waals surface area contributed by atoms with Gasteiger partial charge in [0.25, 0.3) is 0 Å². The zero-order valence-corrected chi connectivity index (χ0v) is 13.6. The van der Waals surface area contributed by atoms with E-state index in [1.165, 1.54) is 0 Å². The number of pyridine rings is 1. The van der Waals surface area contributed by atoms with Crippen molar-refractivity contribution in [2.24, 2.45) is 4.99 Å². The van der Waals surface area contributed by atoms with E-state index in [-0.39, 0.29) is 0 Å². The fraction of sp³-hybridized carbons (Fsp3) is 0. The molecule has 4 aromatic rings. The van der Waals surface area contributed by atoms with Crippen molar-refractivity contribution < 1.29 is 0 Å². The molecule has 4 rings (SSSR count). The second-order valence-electron chi connectivity index (χ2n) is 5.39. The Morgan fingerprint density at radius 3 is 2.08 bits per heavy atom. The molecule has 0 saturated carbocycles. The maximum absolute atomic E-state index is 6.25. The Balaban J connectivity index is 1.96. The SMILES string of the molecule is Clc1cc(N=C(c2ccccc2)c2ccccc2)n2nccc2c1. The molecule has 4 heteroatoms. The summed E-state index contributed by atoms with van der Waals surface area (Å²) < 4.78 is 1.79. The van der Waals surface area contributed by atoms with Crippen LogP contribution in [-0.4, -0.2) is 15.3 Å². The van der Waals surface area contributed by atoms with Gasteiger partial charge in [0.1, 0.15) is 0 Å². The zero-order chi connectivity index (χ0) is 16.4. The van der Waals surface area contributed by atoms with Crippen LogP contribution in [0.5, 0.6) is 0 Å². The summed E-state index contributed by atoms with van der Waals surface area (Å²) in [4.78, 5) is 4.89. The molecule has 0 aliphatic carbocycles. The third kappa shape index (κ3) is 2.82. The number of hydrogen-bond donors (Lipinski definition) is 0. The van der Waals surface area contributed by atoms with Crippen LogP contribution in [0.3, 0.4) is 0 Å². The summed E-state index contributed by atoms with van der Waals surface area (Å²) in [6.07, 6.45) is 1.75. The topological polar surface area (TPSA) is 29.7 Å². The van der Waals surface area contributed by atoms with E-state index in [0.717, 1.165) is 22.4 Å². The molecule has 0 fully saturated rings. The molecule has 0 saturated heterocycles. The Hall–Kier alpha value is -2.91. The molecule has 0 unspecified atom stereocenters. The quantitative estimate of drug-likeness (QED) is 0.477. The van der Waals surface area contributed by atoms with Gasteiger partial charge in [0.05, 0.1) is 17.4 Å². The molecule has 0 aliphatic heterocycles. The van der Waals surface area contributed by atoms with Gasteiger partial charge in [-0.15, -0.1) is 0 Å². The highest BCUT2D eigenvalue weighted by Gasteiger charge is 2.09. The normalized spacial score (nSPS) is 10.7. The summed E-state index contributed by atoms with van der Waals surface area (Å²) in [7, 11) is 0. The Labute approximate surface area is 144 Å².